The van der Waals surface area contributed by atoms with E-state index in [1.807, 2.05) is 50.2 Å². The molecule has 0 N–H and O–H groups in total. The van der Waals surface area contributed by atoms with Gasteiger partial charge in [0.2, 0.25) is 5.76 Å². The lowest BCUT2D eigenvalue weighted by Crippen LogP contribution is -2.30. The number of nitrogens with zero attached hydrogens (tertiary/aromatic N) is 2. The summed E-state index contributed by atoms with van der Waals surface area (Å²) in [7, 11) is 1.58. The minimum Gasteiger partial charge on any atom is -0.493 e. The van der Waals surface area contributed by atoms with Crippen LogP contribution in [-0.4, -0.2) is 24.6 Å². The highest BCUT2D eigenvalue weighted by atomic mass is 16.5. The summed E-state index contributed by atoms with van der Waals surface area (Å²) >= 11 is 0. The second-order valence-electron chi connectivity index (χ2n) is 9.35. The highest BCUT2D eigenvalue weighted by molar-refractivity contribution is 6.10. The van der Waals surface area contributed by atoms with E-state index in [9.17, 15) is 9.59 Å². The molecule has 7 nitrogen and oxygen atoms in total. The molecule has 3 heterocycles. The number of carbonyl (C=O) groups is 1. The first-order valence-electron chi connectivity index (χ1n) is 12.6. The van der Waals surface area contributed by atoms with Crippen molar-refractivity contribution in [2.24, 2.45) is 0 Å². The van der Waals surface area contributed by atoms with E-state index in [1.165, 1.54) is 4.90 Å². The Kier molecular flexibility index (Phi) is 6.70. The summed E-state index contributed by atoms with van der Waals surface area (Å²) < 4.78 is 17.7. The van der Waals surface area contributed by atoms with Crippen LogP contribution in [0.1, 0.15) is 65.2 Å². The second-order valence-corrected chi connectivity index (χ2v) is 9.35. The van der Waals surface area contributed by atoms with E-state index >= 15 is 0 Å². The number of benzene rings is 2. The number of methoxy groups -OCH3 is 1. The Morgan fingerprint density at radius 3 is 2.59 bits per heavy atom. The maximum absolute atomic E-state index is 13.9. The Morgan fingerprint density at radius 1 is 1.00 bits per heavy atom. The van der Waals surface area contributed by atoms with Gasteiger partial charge in [0.25, 0.3) is 5.91 Å². The number of fused-ring (bicyclic) bond motifs is 2. The Balaban J connectivity index is 1.68. The molecule has 2 aromatic heterocycles. The van der Waals surface area contributed by atoms with Crippen LogP contribution in [0.5, 0.6) is 11.5 Å². The van der Waals surface area contributed by atoms with Gasteiger partial charge in [-0.2, -0.15) is 0 Å². The minimum absolute atomic E-state index is 0.0357. The summed E-state index contributed by atoms with van der Waals surface area (Å²) in [5.41, 5.74) is 2.84. The molecule has 4 aromatic rings. The molecule has 0 saturated carbocycles. The summed E-state index contributed by atoms with van der Waals surface area (Å²) in [6.07, 6.45) is 3.14. The average Bonchev–Trinajstić information content (AvgIpc) is 3.19. The first-order valence-corrected chi connectivity index (χ1v) is 12.6. The molecule has 190 valence electrons. The maximum atomic E-state index is 13.9. The summed E-state index contributed by atoms with van der Waals surface area (Å²) in [5.74, 6) is 1.23. The molecule has 0 radical (unpaired) electrons. The standard InChI is InChI=1S/C30H30N2O5/c1-5-6-7-15-36-23-14-12-20(17-24(23)35-4)27-26-28(33)21-16-18(2)11-13-22(21)37-29(26)30(34)32(27)25-10-8-9-19(3)31-25/h8-14,16-17,27H,5-7,15H2,1-4H3/t27-/m1/s1. The van der Waals surface area contributed by atoms with Gasteiger partial charge in [0.05, 0.1) is 30.7 Å². The van der Waals surface area contributed by atoms with E-state index in [0.29, 0.717) is 46.0 Å². The van der Waals surface area contributed by atoms with Crippen molar-refractivity contribution in [1.82, 2.24) is 4.98 Å². The molecule has 0 bridgehead atoms. The van der Waals surface area contributed by atoms with Crippen molar-refractivity contribution in [1.29, 1.82) is 0 Å². The molecule has 1 aliphatic heterocycles. The van der Waals surface area contributed by atoms with Crippen LogP contribution < -0.4 is 19.8 Å². The van der Waals surface area contributed by atoms with Crippen LogP contribution >= 0.6 is 0 Å². The van der Waals surface area contributed by atoms with Crippen molar-refractivity contribution in [3.05, 3.63) is 93.0 Å². The van der Waals surface area contributed by atoms with Crippen LogP contribution in [0.15, 0.2) is 63.8 Å². The first kappa shape index (κ1) is 24.6. The van der Waals surface area contributed by atoms with E-state index < -0.39 is 11.9 Å². The van der Waals surface area contributed by atoms with Gasteiger partial charge in [0, 0.05) is 5.69 Å². The molecule has 1 aliphatic rings. The van der Waals surface area contributed by atoms with Gasteiger partial charge in [0.15, 0.2) is 16.9 Å². The summed E-state index contributed by atoms with van der Waals surface area (Å²) in [5, 5.41) is 0.443. The van der Waals surface area contributed by atoms with Crippen LogP contribution in [-0.2, 0) is 0 Å². The molecule has 0 saturated heterocycles. The number of aryl methyl sites for hydroxylation is 2. The molecule has 0 fully saturated rings. The van der Waals surface area contributed by atoms with Gasteiger partial charge in [0.1, 0.15) is 11.4 Å². The fourth-order valence-corrected chi connectivity index (χ4v) is 4.81. The highest BCUT2D eigenvalue weighted by Gasteiger charge is 2.44. The summed E-state index contributed by atoms with van der Waals surface area (Å²) in [6.45, 7) is 6.51. The van der Waals surface area contributed by atoms with Gasteiger partial charge < -0.3 is 13.9 Å². The molecule has 37 heavy (non-hydrogen) atoms. The van der Waals surface area contributed by atoms with E-state index in [-0.39, 0.29) is 11.2 Å². The van der Waals surface area contributed by atoms with Gasteiger partial charge in [-0.05, 0) is 62.2 Å². The number of rotatable bonds is 8. The lowest BCUT2D eigenvalue weighted by molar-refractivity contribution is 0.0970. The number of unbranched alkanes of at least 4 members (excludes halogenated alkanes) is 2. The van der Waals surface area contributed by atoms with Crippen LogP contribution in [0, 0.1) is 13.8 Å². The summed E-state index contributed by atoms with van der Waals surface area (Å²) in [6, 6.07) is 15.6. The normalized spacial score (nSPS) is 14.8. The quantitative estimate of drug-likeness (QED) is 0.272. The Morgan fingerprint density at radius 2 is 1.84 bits per heavy atom. The fourth-order valence-electron chi connectivity index (χ4n) is 4.81. The smallest absolute Gasteiger partial charge is 0.296 e. The van der Waals surface area contributed by atoms with Gasteiger partial charge in [-0.15, -0.1) is 0 Å². The predicted octanol–water partition coefficient (Wildman–Crippen LogP) is 6.13. The Labute approximate surface area is 215 Å². The molecule has 1 atom stereocenters. The van der Waals surface area contributed by atoms with Crippen LogP contribution in [0.4, 0.5) is 5.82 Å². The number of hydrogen-bond acceptors (Lipinski definition) is 6. The largest absolute Gasteiger partial charge is 0.493 e. The van der Waals surface area contributed by atoms with E-state index in [0.717, 1.165) is 30.5 Å². The van der Waals surface area contributed by atoms with E-state index in [2.05, 4.69) is 11.9 Å². The van der Waals surface area contributed by atoms with Crippen molar-refractivity contribution in [3.8, 4) is 11.5 Å². The van der Waals surface area contributed by atoms with Gasteiger partial charge in [-0.3, -0.25) is 14.5 Å². The monoisotopic (exact) mass is 498 g/mol. The molecular weight excluding hydrogens is 468 g/mol. The van der Waals surface area contributed by atoms with E-state index in [4.69, 9.17) is 13.9 Å². The second kappa shape index (κ2) is 10.1. The molecule has 5 rings (SSSR count). The summed E-state index contributed by atoms with van der Waals surface area (Å²) in [4.78, 5) is 33.8. The number of ether oxygens (including phenoxy) is 2. The van der Waals surface area contributed by atoms with Crippen molar-refractivity contribution in [2.45, 2.75) is 46.1 Å². The lowest BCUT2D eigenvalue weighted by Gasteiger charge is -2.25. The molecule has 0 spiro atoms. The molecule has 2 aromatic carbocycles. The molecule has 1 amide bonds. The van der Waals surface area contributed by atoms with Crippen LogP contribution in [0.3, 0.4) is 0 Å². The lowest BCUT2D eigenvalue weighted by atomic mass is 9.97. The number of anilines is 1. The zero-order valence-electron chi connectivity index (χ0n) is 21.5. The topological polar surface area (TPSA) is 81.9 Å². The predicted molar refractivity (Wildman–Crippen MR) is 143 cm³/mol. The van der Waals surface area contributed by atoms with Crippen molar-refractivity contribution >= 4 is 22.7 Å². The molecule has 7 heteroatoms. The van der Waals surface area contributed by atoms with Crippen molar-refractivity contribution in [3.63, 3.8) is 0 Å². The molecule has 0 aliphatic carbocycles. The SMILES string of the molecule is CCCCCOc1ccc([C@@H]2c3c(oc4ccc(C)cc4c3=O)C(=O)N2c2cccc(C)n2)cc1OC. The van der Waals surface area contributed by atoms with E-state index in [1.54, 1.807) is 25.3 Å². The van der Waals surface area contributed by atoms with Gasteiger partial charge >= 0.3 is 0 Å². The average molecular weight is 499 g/mol. The molecule has 0 unspecified atom stereocenters. The number of hydrogen-bond donors (Lipinski definition) is 0. The van der Waals surface area contributed by atoms with Crippen molar-refractivity contribution in [2.75, 3.05) is 18.6 Å². The Hall–Kier alpha value is -4.13. The fraction of sp³-hybridized carbons (Fsp3) is 0.300. The maximum Gasteiger partial charge on any atom is 0.296 e. The number of amides is 1. The van der Waals surface area contributed by atoms with Gasteiger partial charge in [-0.1, -0.05) is 43.5 Å². The zero-order chi connectivity index (χ0) is 26.1. The third kappa shape index (κ3) is 4.46. The third-order valence-electron chi connectivity index (χ3n) is 6.65. The zero-order valence-corrected chi connectivity index (χ0v) is 21.5. The third-order valence-corrected chi connectivity index (χ3v) is 6.65. The number of carbonyl (C=O) groups excluding carboxylic acids is 1. The first-order chi connectivity index (χ1) is 17.9. The number of aromatic nitrogens is 1. The minimum atomic E-state index is -0.735. The van der Waals surface area contributed by atoms with Crippen molar-refractivity contribution < 1.29 is 18.7 Å². The number of pyridine rings is 1. The van der Waals surface area contributed by atoms with Gasteiger partial charge in [-0.25, -0.2) is 4.98 Å². The highest BCUT2D eigenvalue weighted by Crippen LogP contribution is 2.42. The van der Waals surface area contributed by atoms with Crippen LogP contribution in [0.2, 0.25) is 0 Å². The molecular formula is C30H30N2O5. The Bertz CT molecular complexity index is 1540. The van der Waals surface area contributed by atoms with Crippen LogP contribution in [0.25, 0.3) is 11.0 Å².